The number of thioether (sulfide) groups is 2. The predicted molar refractivity (Wildman–Crippen MR) is 122 cm³/mol. The summed E-state index contributed by atoms with van der Waals surface area (Å²) in [4.78, 5) is 29.4. The molecule has 30 heavy (non-hydrogen) atoms. The molecule has 7 heteroatoms. The molecule has 0 aliphatic carbocycles. The van der Waals surface area contributed by atoms with Crippen LogP contribution in [-0.4, -0.2) is 40.6 Å². The molecule has 2 bridgehead atoms. The highest BCUT2D eigenvalue weighted by atomic mass is 32.2. The summed E-state index contributed by atoms with van der Waals surface area (Å²) in [6.07, 6.45) is 0. The van der Waals surface area contributed by atoms with Crippen LogP contribution < -0.4 is 9.64 Å². The van der Waals surface area contributed by atoms with Gasteiger partial charge in [-0.25, -0.2) is 0 Å². The topological polar surface area (TPSA) is 49.9 Å². The average Bonchev–Trinajstić information content (AvgIpc) is 2.81. The Hall–Kier alpha value is -2.12. The molecule has 4 aliphatic rings. The van der Waals surface area contributed by atoms with E-state index in [1.165, 1.54) is 0 Å². The van der Waals surface area contributed by atoms with Crippen LogP contribution in [0.15, 0.2) is 48.5 Å². The lowest BCUT2D eigenvalue weighted by Gasteiger charge is -2.52. The summed E-state index contributed by atoms with van der Waals surface area (Å²) >= 11 is 3.14. The van der Waals surface area contributed by atoms with E-state index in [0.717, 1.165) is 22.6 Å². The molecule has 2 aromatic rings. The number of likely N-dealkylation sites (N-methyl/N-ethyl adjacent to an activating group) is 1. The number of methoxy groups -OCH3 is 1. The minimum absolute atomic E-state index is 0.0145. The minimum Gasteiger partial charge on any atom is -0.497 e. The van der Waals surface area contributed by atoms with Gasteiger partial charge in [-0.05, 0) is 36.2 Å². The molecule has 0 N–H and O–H groups in total. The Labute approximate surface area is 185 Å². The molecule has 4 aliphatic heterocycles. The number of benzene rings is 2. The van der Waals surface area contributed by atoms with E-state index in [9.17, 15) is 9.59 Å². The van der Waals surface area contributed by atoms with E-state index in [1.807, 2.05) is 55.5 Å². The van der Waals surface area contributed by atoms with Crippen LogP contribution in [0.1, 0.15) is 36.5 Å². The molecular weight excluding hydrogens is 416 g/mol. The van der Waals surface area contributed by atoms with E-state index < -0.39 is 15.2 Å². The number of carbonyl (C=O) groups is 2. The van der Waals surface area contributed by atoms with Crippen molar-refractivity contribution in [2.24, 2.45) is 0 Å². The smallest absolute Gasteiger partial charge is 0.264 e. The van der Waals surface area contributed by atoms with Crippen molar-refractivity contribution in [1.29, 1.82) is 0 Å². The molecule has 3 atom stereocenters. The summed E-state index contributed by atoms with van der Waals surface area (Å²) in [6.45, 7) is 6.04. The Morgan fingerprint density at radius 1 is 0.933 bits per heavy atom. The van der Waals surface area contributed by atoms with Gasteiger partial charge in [0.2, 0.25) is 0 Å². The van der Waals surface area contributed by atoms with E-state index in [-0.39, 0.29) is 16.4 Å². The van der Waals surface area contributed by atoms with Crippen LogP contribution in [0.5, 0.6) is 5.75 Å². The van der Waals surface area contributed by atoms with Crippen molar-refractivity contribution in [1.82, 2.24) is 4.90 Å². The number of anilines is 1. The SMILES string of the molecule is COc1ccc([C@@H]2S[C@]34C(=O)N(C)[C@](C)(S2)C(=O)N3c2ccccc2C4(C)C)cc1. The maximum atomic E-state index is 14.0. The normalized spacial score (nSPS) is 31.4. The summed E-state index contributed by atoms with van der Waals surface area (Å²) in [6, 6.07) is 15.9. The first-order valence-corrected chi connectivity index (χ1v) is 11.7. The van der Waals surface area contributed by atoms with E-state index in [0.29, 0.717) is 0 Å². The number of fused-ring (bicyclic) bond motifs is 4. The molecule has 3 saturated heterocycles. The molecule has 2 amide bonds. The van der Waals surface area contributed by atoms with E-state index in [2.05, 4.69) is 13.8 Å². The largest absolute Gasteiger partial charge is 0.497 e. The average molecular weight is 441 g/mol. The second-order valence-corrected chi connectivity index (χ2v) is 11.7. The number of ether oxygens (including phenoxy) is 1. The van der Waals surface area contributed by atoms with Gasteiger partial charge in [-0.2, -0.15) is 0 Å². The Morgan fingerprint density at radius 2 is 1.60 bits per heavy atom. The van der Waals surface area contributed by atoms with Crippen molar-refractivity contribution in [3.05, 3.63) is 59.7 Å². The van der Waals surface area contributed by atoms with Gasteiger partial charge in [0, 0.05) is 18.2 Å². The zero-order valence-corrected chi connectivity index (χ0v) is 19.3. The standard InChI is InChI=1S/C23H24N2O3S2/c1-21(2)16-8-6-7-9-17(16)25-19(26)22(3)24(4)20(27)23(21,25)30-18(29-22)14-10-12-15(28-5)13-11-14/h6-13,18H,1-5H3/t18-,22+,23-/m0/s1. The monoisotopic (exact) mass is 440 g/mol. The number of para-hydroxylation sites is 1. The fraction of sp³-hybridized carbons (Fsp3) is 0.391. The van der Waals surface area contributed by atoms with Gasteiger partial charge in [-0.1, -0.05) is 44.2 Å². The van der Waals surface area contributed by atoms with Crippen molar-refractivity contribution in [2.45, 2.75) is 40.5 Å². The van der Waals surface area contributed by atoms with Crippen LogP contribution in [0.25, 0.3) is 0 Å². The van der Waals surface area contributed by atoms with Crippen LogP contribution >= 0.6 is 23.5 Å². The maximum Gasteiger partial charge on any atom is 0.264 e. The van der Waals surface area contributed by atoms with Crippen molar-refractivity contribution in [3.8, 4) is 5.75 Å². The molecule has 0 unspecified atom stereocenters. The highest BCUT2D eigenvalue weighted by Gasteiger charge is 2.74. The van der Waals surface area contributed by atoms with Crippen LogP contribution in [-0.2, 0) is 15.0 Å². The fourth-order valence-corrected chi connectivity index (χ4v) is 8.73. The van der Waals surface area contributed by atoms with Crippen LogP contribution in [0.4, 0.5) is 5.69 Å². The minimum atomic E-state index is -1.03. The lowest BCUT2D eigenvalue weighted by atomic mass is 9.78. The second-order valence-electron chi connectivity index (χ2n) is 8.61. The summed E-state index contributed by atoms with van der Waals surface area (Å²) in [5.74, 6) is 0.740. The van der Waals surface area contributed by atoms with Gasteiger partial charge >= 0.3 is 0 Å². The maximum absolute atomic E-state index is 14.0. The molecule has 4 heterocycles. The summed E-state index contributed by atoms with van der Waals surface area (Å²) in [5.41, 5.74) is 2.41. The van der Waals surface area contributed by atoms with Gasteiger partial charge in [0.25, 0.3) is 11.8 Å². The Bertz CT molecular complexity index is 1070. The molecule has 5 nitrogen and oxygen atoms in total. The van der Waals surface area contributed by atoms with Crippen molar-refractivity contribution in [3.63, 3.8) is 0 Å². The van der Waals surface area contributed by atoms with Crippen molar-refractivity contribution < 1.29 is 14.3 Å². The number of rotatable bonds is 2. The molecular formula is C23H24N2O3S2. The van der Waals surface area contributed by atoms with Gasteiger partial charge in [0.15, 0.2) is 9.74 Å². The van der Waals surface area contributed by atoms with Gasteiger partial charge in [-0.15, -0.1) is 23.5 Å². The lowest BCUT2D eigenvalue weighted by Crippen LogP contribution is -2.74. The third kappa shape index (κ3) is 2.17. The molecule has 3 fully saturated rings. The number of nitrogens with zero attached hydrogens (tertiary/aromatic N) is 2. The second kappa shape index (κ2) is 6.20. The number of hydrogen-bond donors (Lipinski definition) is 0. The third-order valence-corrected chi connectivity index (χ3v) is 10.5. The molecule has 2 aromatic carbocycles. The quantitative estimate of drug-likeness (QED) is 0.694. The number of hydrogen-bond acceptors (Lipinski definition) is 5. The van der Waals surface area contributed by atoms with Gasteiger partial charge in [-0.3, -0.25) is 14.5 Å². The predicted octanol–water partition coefficient (Wildman–Crippen LogP) is 4.38. The highest BCUT2D eigenvalue weighted by Crippen LogP contribution is 2.69. The first kappa shape index (κ1) is 19.8. The first-order chi connectivity index (χ1) is 14.2. The van der Waals surface area contributed by atoms with Crippen LogP contribution in [0.2, 0.25) is 0 Å². The molecule has 1 spiro atoms. The molecule has 0 saturated carbocycles. The zero-order valence-electron chi connectivity index (χ0n) is 17.6. The Kier molecular flexibility index (Phi) is 4.10. The van der Waals surface area contributed by atoms with E-state index in [4.69, 9.17) is 4.74 Å². The van der Waals surface area contributed by atoms with E-state index in [1.54, 1.807) is 47.5 Å². The summed E-state index contributed by atoms with van der Waals surface area (Å²) in [7, 11) is 3.41. The van der Waals surface area contributed by atoms with E-state index >= 15 is 0 Å². The van der Waals surface area contributed by atoms with Gasteiger partial charge < -0.3 is 9.64 Å². The Balaban J connectivity index is 1.75. The summed E-state index contributed by atoms with van der Waals surface area (Å²) < 4.78 is 5.23. The highest BCUT2D eigenvalue weighted by molar-refractivity contribution is 8.18. The molecule has 156 valence electrons. The van der Waals surface area contributed by atoms with Crippen molar-refractivity contribution in [2.75, 3.05) is 19.1 Å². The molecule has 6 rings (SSSR count). The van der Waals surface area contributed by atoms with Crippen LogP contribution in [0.3, 0.4) is 0 Å². The van der Waals surface area contributed by atoms with Gasteiger partial charge in [0.05, 0.1) is 11.7 Å². The number of piperazine rings is 1. The molecule has 0 radical (unpaired) electrons. The summed E-state index contributed by atoms with van der Waals surface area (Å²) in [5, 5.41) is 0. The van der Waals surface area contributed by atoms with Crippen molar-refractivity contribution >= 4 is 41.0 Å². The number of carbonyl (C=O) groups excluding carboxylic acids is 2. The zero-order chi connectivity index (χ0) is 21.5. The van der Waals surface area contributed by atoms with Crippen LogP contribution in [0, 0.1) is 0 Å². The fourth-order valence-electron chi connectivity index (χ4n) is 4.88. The number of amides is 2. The lowest BCUT2D eigenvalue weighted by molar-refractivity contribution is -0.148. The third-order valence-electron chi connectivity index (χ3n) is 6.82. The first-order valence-electron chi connectivity index (χ1n) is 9.90. The molecule has 0 aromatic heterocycles. The van der Waals surface area contributed by atoms with Gasteiger partial charge in [0.1, 0.15) is 5.75 Å². The Morgan fingerprint density at radius 3 is 2.27 bits per heavy atom.